The number of nitrogens with two attached hydrogens (primary N) is 1. The Bertz CT molecular complexity index is 456. The van der Waals surface area contributed by atoms with Crippen molar-refractivity contribution in [1.29, 1.82) is 0 Å². The summed E-state index contributed by atoms with van der Waals surface area (Å²) in [6.07, 6.45) is 5.71. The van der Waals surface area contributed by atoms with Gasteiger partial charge in [0, 0.05) is 24.0 Å². The Morgan fingerprint density at radius 2 is 1.87 bits per heavy atom. The summed E-state index contributed by atoms with van der Waals surface area (Å²) in [7, 11) is 0. The second-order valence-electron chi connectivity index (χ2n) is 8.48. The third kappa shape index (κ3) is 2.71. The van der Waals surface area contributed by atoms with Gasteiger partial charge in [-0.15, -0.1) is 12.4 Å². The van der Waals surface area contributed by atoms with Crippen LogP contribution in [0.4, 0.5) is 0 Å². The van der Waals surface area contributed by atoms with Gasteiger partial charge in [0.15, 0.2) is 0 Å². The molecule has 0 spiro atoms. The van der Waals surface area contributed by atoms with Crippen LogP contribution in [0.1, 0.15) is 59.8 Å². The zero-order valence-electron chi connectivity index (χ0n) is 14.9. The summed E-state index contributed by atoms with van der Waals surface area (Å²) in [5, 5.41) is 3.31. The fourth-order valence-electron chi connectivity index (χ4n) is 5.11. The van der Waals surface area contributed by atoms with Gasteiger partial charge >= 0.3 is 0 Å². The fraction of sp³-hybridized carbons (Fsp3) is 0.944. The Balaban J connectivity index is 0.00000192. The molecule has 1 aliphatic heterocycles. The monoisotopic (exact) mass is 344 g/mol. The number of rotatable bonds is 2. The Kier molecular flexibility index (Phi) is 5.40. The largest absolute Gasteiger partial charge is 0.377 e. The standard InChI is InChI=1S/C18H32N2O2.ClH/c1-11-7-5-9-14(12(11)2)20-16(21)18(19)13-8-6-10-22-15(13)17(18,3)4;/h11-15H,5-10,19H2,1-4H3,(H,20,21);1H. The van der Waals surface area contributed by atoms with Gasteiger partial charge in [-0.1, -0.05) is 40.5 Å². The van der Waals surface area contributed by atoms with Crippen molar-refractivity contribution in [2.45, 2.75) is 77.5 Å². The van der Waals surface area contributed by atoms with Crippen molar-refractivity contribution in [3.05, 3.63) is 0 Å². The number of hydrogen-bond donors (Lipinski definition) is 2. The van der Waals surface area contributed by atoms with Crippen LogP contribution in [-0.4, -0.2) is 30.2 Å². The van der Waals surface area contributed by atoms with E-state index in [4.69, 9.17) is 10.5 Å². The van der Waals surface area contributed by atoms with Crippen LogP contribution in [0, 0.1) is 23.2 Å². The number of nitrogens with one attached hydrogen (secondary N) is 1. The van der Waals surface area contributed by atoms with Gasteiger partial charge in [0.25, 0.3) is 0 Å². The van der Waals surface area contributed by atoms with Crippen molar-refractivity contribution in [3.8, 4) is 0 Å². The Morgan fingerprint density at radius 3 is 2.57 bits per heavy atom. The van der Waals surface area contributed by atoms with Gasteiger partial charge < -0.3 is 15.8 Å². The van der Waals surface area contributed by atoms with Crippen LogP contribution in [0.25, 0.3) is 0 Å². The second kappa shape index (κ2) is 6.53. The molecule has 1 heterocycles. The molecule has 2 aliphatic carbocycles. The highest BCUT2D eigenvalue weighted by molar-refractivity contribution is 5.89. The summed E-state index contributed by atoms with van der Waals surface area (Å²) in [5.41, 5.74) is 5.62. The number of ether oxygens (including phenoxy) is 1. The van der Waals surface area contributed by atoms with Gasteiger partial charge in [-0.05, 0) is 31.1 Å². The van der Waals surface area contributed by atoms with Gasteiger partial charge in [-0.2, -0.15) is 0 Å². The molecule has 6 unspecified atom stereocenters. The summed E-state index contributed by atoms with van der Waals surface area (Å²) >= 11 is 0. The molecule has 0 aromatic rings. The third-order valence-corrected chi connectivity index (χ3v) is 7.08. The van der Waals surface area contributed by atoms with Crippen molar-refractivity contribution >= 4 is 18.3 Å². The lowest BCUT2D eigenvalue weighted by Gasteiger charge is -2.65. The lowest BCUT2D eigenvalue weighted by atomic mass is 9.46. The molecule has 6 atom stereocenters. The first-order valence-electron chi connectivity index (χ1n) is 9.01. The molecule has 0 aromatic carbocycles. The first-order valence-corrected chi connectivity index (χ1v) is 9.01. The van der Waals surface area contributed by atoms with E-state index in [-0.39, 0.29) is 41.8 Å². The molecule has 1 saturated heterocycles. The van der Waals surface area contributed by atoms with E-state index in [1.54, 1.807) is 0 Å². The molecule has 4 nitrogen and oxygen atoms in total. The van der Waals surface area contributed by atoms with E-state index in [2.05, 4.69) is 33.0 Å². The summed E-state index contributed by atoms with van der Waals surface area (Å²) in [5.74, 6) is 1.43. The molecule has 23 heavy (non-hydrogen) atoms. The van der Waals surface area contributed by atoms with Crippen LogP contribution in [-0.2, 0) is 9.53 Å². The number of halogens is 1. The summed E-state index contributed by atoms with van der Waals surface area (Å²) < 4.78 is 5.91. The van der Waals surface area contributed by atoms with Crippen LogP contribution in [0.3, 0.4) is 0 Å². The minimum atomic E-state index is -0.779. The molecular formula is C18H33ClN2O2. The number of fused-ring (bicyclic) bond motifs is 1. The molecule has 134 valence electrons. The molecule has 0 aromatic heterocycles. The first kappa shape index (κ1) is 19.0. The van der Waals surface area contributed by atoms with Crippen LogP contribution in [0.15, 0.2) is 0 Å². The zero-order valence-corrected chi connectivity index (χ0v) is 15.7. The normalized spacial score (nSPS) is 45.2. The summed E-state index contributed by atoms with van der Waals surface area (Å²) in [4.78, 5) is 13.0. The Morgan fingerprint density at radius 1 is 1.17 bits per heavy atom. The lowest BCUT2D eigenvalue weighted by Crippen LogP contribution is -2.82. The molecule has 5 heteroatoms. The highest BCUT2D eigenvalue weighted by Gasteiger charge is 2.70. The fourth-order valence-corrected chi connectivity index (χ4v) is 5.11. The van der Waals surface area contributed by atoms with Crippen molar-refractivity contribution in [2.75, 3.05) is 6.61 Å². The van der Waals surface area contributed by atoms with Crippen molar-refractivity contribution < 1.29 is 9.53 Å². The molecule has 1 amide bonds. The van der Waals surface area contributed by atoms with Crippen LogP contribution in [0.2, 0.25) is 0 Å². The maximum Gasteiger partial charge on any atom is 0.241 e. The predicted molar refractivity (Wildman–Crippen MR) is 94.5 cm³/mol. The van der Waals surface area contributed by atoms with E-state index in [0.29, 0.717) is 11.8 Å². The maximum atomic E-state index is 13.0. The molecule has 2 saturated carbocycles. The molecule has 3 fully saturated rings. The summed E-state index contributed by atoms with van der Waals surface area (Å²) in [6.45, 7) is 9.54. The van der Waals surface area contributed by atoms with Crippen molar-refractivity contribution in [1.82, 2.24) is 5.32 Å². The lowest BCUT2D eigenvalue weighted by molar-refractivity contribution is -0.225. The number of amides is 1. The van der Waals surface area contributed by atoms with Crippen LogP contribution < -0.4 is 11.1 Å². The SMILES string of the molecule is CC1CCCC(NC(=O)C2(N)C3CCCOC3C2(C)C)C1C.Cl. The molecule has 3 aliphatic rings. The quantitative estimate of drug-likeness (QED) is 0.809. The van der Waals surface area contributed by atoms with E-state index >= 15 is 0 Å². The average Bonchev–Trinajstić information content (AvgIpc) is 2.50. The average molecular weight is 345 g/mol. The maximum absolute atomic E-state index is 13.0. The van der Waals surface area contributed by atoms with Crippen LogP contribution >= 0.6 is 12.4 Å². The van der Waals surface area contributed by atoms with Gasteiger partial charge in [0.1, 0.15) is 5.54 Å². The van der Waals surface area contributed by atoms with Crippen molar-refractivity contribution in [3.63, 3.8) is 0 Å². The van der Waals surface area contributed by atoms with E-state index < -0.39 is 5.54 Å². The zero-order chi connectivity index (χ0) is 16.1. The van der Waals surface area contributed by atoms with E-state index in [0.717, 1.165) is 25.9 Å². The van der Waals surface area contributed by atoms with Gasteiger partial charge in [0.2, 0.25) is 5.91 Å². The second-order valence-corrected chi connectivity index (χ2v) is 8.48. The first-order chi connectivity index (χ1) is 10.3. The van der Waals surface area contributed by atoms with E-state index in [9.17, 15) is 4.79 Å². The molecule has 0 radical (unpaired) electrons. The number of hydrogen-bond acceptors (Lipinski definition) is 3. The summed E-state index contributed by atoms with van der Waals surface area (Å²) in [6, 6.07) is 0.274. The molecular weight excluding hydrogens is 312 g/mol. The topological polar surface area (TPSA) is 64.4 Å². The van der Waals surface area contributed by atoms with E-state index in [1.165, 1.54) is 12.8 Å². The van der Waals surface area contributed by atoms with Gasteiger partial charge in [0.05, 0.1) is 6.10 Å². The predicted octanol–water partition coefficient (Wildman–Crippen LogP) is 2.88. The highest BCUT2D eigenvalue weighted by Crippen LogP contribution is 2.57. The Labute approximate surface area is 146 Å². The molecule has 0 bridgehead atoms. The number of carbonyl (C=O) groups excluding carboxylic acids is 1. The smallest absolute Gasteiger partial charge is 0.241 e. The molecule has 3 rings (SSSR count). The van der Waals surface area contributed by atoms with Gasteiger partial charge in [-0.3, -0.25) is 4.79 Å². The Hall–Kier alpha value is -0.320. The highest BCUT2D eigenvalue weighted by atomic mass is 35.5. The van der Waals surface area contributed by atoms with Crippen LogP contribution in [0.5, 0.6) is 0 Å². The van der Waals surface area contributed by atoms with Gasteiger partial charge in [-0.25, -0.2) is 0 Å². The minimum Gasteiger partial charge on any atom is -0.377 e. The molecule has 3 N–H and O–H groups in total. The third-order valence-electron chi connectivity index (χ3n) is 7.08. The van der Waals surface area contributed by atoms with Crippen molar-refractivity contribution in [2.24, 2.45) is 28.9 Å². The minimum absolute atomic E-state index is 0. The van der Waals surface area contributed by atoms with E-state index in [1.807, 2.05) is 0 Å². The number of carbonyl (C=O) groups is 1.